The van der Waals surface area contributed by atoms with E-state index < -0.39 is 27.9 Å². The maximum absolute atomic E-state index is 13.3. The molecule has 1 aliphatic heterocycles. The zero-order chi connectivity index (χ0) is 29.7. The van der Waals surface area contributed by atoms with Crippen molar-refractivity contribution in [3.8, 4) is 0 Å². The topological polar surface area (TPSA) is 165 Å². The highest BCUT2D eigenvalue weighted by atomic mass is 32.2. The molecule has 2 aromatic carbocycles. The summed E-state index contributed by atoms with van der Waals surface area (Å²) in [4.78, 5) is 38.6. The fourth-order valence-electron chi connectivity index (χ4n) is 4.16. The summed E-state index contributed by atoms with van der Waals surface area (Å²) in [5.74, 6) is -1.08. The Hall–Kier alpha value is -4.30. The van der Waals surface area contributed by atoms with Gasteiger partial charge in [-0.25, -0.2) is 4.68 Å². The maximum atomic E-state index is 13.3. The summed E-state index contributed by atoms with van der Waals surface area (Å²) in [6, 6.07) is 12.6. The van der Waals surface area contributed by atoms with Crippen LogP contribution in [0.3, 0.4) is 0 Å². The van der Waals surface area contributed by atoms with Gasteiger partial charge in [0.25, 0.3) is 27.2 Å². The van der Waals surface area contributed by atoms with Crippen molar-refractivity contribution in [2.75, 3.05) is 23.8 Å². The number of nitrogens with one attached hydrogen (secondary N) is 2. The van der Waals surface area contributed by atoms with Crippen LogP contribution in [0.5, 0.6) is 0 Å². The number of hydrogen-bond acceptors (Lipinski definition) is 7. The van der Waals surface area contributed by atoms with E-state index in [1.807, 2.05) is 20.8 Å². The predicted molar refractivity (Wildman–Crippen MR) is 146 cm³/mol. The van der Waals surface area contributed by atoms with E-state index in [1.54, 1.807) is 36.4 Å². The minimum Gasteiger partial charge on any atom is -0.486 e. The highest BCUT2D eigenvalue weighted by molar-refractivity contribution is 7.90. The minimum atomic E-state index is -4.11. The molecule has 1 saturated heterocycles. The molecule has 3 aromatic rings. The number of morpholine rings is 1. The zero-order valence-electron chi connectivity index (χ0n) is 23.2. The number of benzene rings is 2. The van der Waals surface area contributed by atoms with Gasteiger partial charge in [0.15, 0.2) is 0 Å². The molecule has 0 saturated carbocycles. The highest BCUT2D eigenvalue weighted by Crippen LogP contribution is 2.17. The molecule has 41 heavy (non-hydrogen) atoms. The van der Waals surface area contributed by atoms with Crippen LogP contribution in [0.1, 0.15) is 44.5 Å². The van der Waals surface area contributed by atoms with Gasteiger partial charge in [-0.3, -0.25) is 19.7 Å². The molecule has 4 rings (SSSR count). The van der Waals surface area contributed by atoms with Crippen LogP contribution in [0.15, 0.2) is 62.3 Å². The summed E-state index contributed by atoms with van der Waals surface area (Å²) >= 11 is 0. The number of carbonyl (C=O) groups is 3. The number of ether oxygens (including phenoxy) is 1. The Morgan fingerprint density at radius 1 is 1.10 bits per heavy atom. The van der Waals surface area contributed by atoms with Crippen LogP contribution in [0.25, 0.3) is 0 Å². The second-order valence-electron chi connectivity index (χ2n) is 9.87. The van der Waals surface area contributed by atoms with Crippen LogP contribution >= 0.6 is 0 Å². The number of amides is 3. The van der Waals surface area contributed by atoms with Crippen molar-refractivity contribution in [3.05, 3.63) is 65.3 Å². The molecular formula is C27H32N6O7S. The fraction of sp³-hybridized carbons (Fsp3) is 0.370. The predicted octanol–water partition coefficient (Wildman–Crippen LogP) is 1.42. The van der Waals surface area contributed by atoms with E-state index in [0.29, 0.717) is 17.1 Å². The monoisotopic (exact) mass is 584 g/mol. The number of rotatable bonds is 9. The molecular weight excluding hydrogens is 552 g/mol. The number of carbonyl (C=O) groups excluding carboxylic acids is 3. The maximum Gasteiger partial charge on any atom is 0.289 e. The number of aryl methyl sites for hydroxylation is 1. The first-order chi connectivity index (χ1) is 19.4. The summed E-state index contributed by atoms with van der Waals surface area (Å²) < 4.78 is 42.2. The molecule has 0 spiro atoms. The molecule has 13 nitrogen and oxygen atoms in total. The van der Waals surface area contributed by atoms with Crippen LogP contribution < -0.4 is 26.1 Å². The third-order valence-electron chi connectivity index (χ3n) is 6.22. The summed E-state index contributed by atoms with van der Waals surface area (Å²) in [6.45, 7) is 7.26. The third-order valence-corrected chi connectivity index (χ3v) is 7.49. The lowest BCUT2D eigenvalue weighted by Gasteiger charge is -2.31. The minimum absolute atomic E-state index is 0.000160. The number of aromatic nitrogens is 2. The summed E-state index contributed by atoms with van der Waals surface area (Å²) in [7, 11) is -4.11. The Bertz CT molecular complexity index is 1590. The zero-order valence-corrected chi connectivity index (χ0v) is 24.0. The molecule has 2 N–H and O–H groups in total. The van der Waals surface area contributed by atoms with Crippen LogP contribution in [-0.4, -0.2) is 50.3 Å². The van der Waals surface area contributed by atoms with Crippen molar-refractivity contribution >= 4 is 39.1 Å². The molecule has 1 aromatic heterocycles. The normalized spacial score (nSPS) is 16.2. The van der Waals surface area contributed by atoms with E-state index in [9.17, 15) is 22.8 Å². The van der Waals surface area contributed by atoms with Gasteiger partial charge >= 0.3 is 0 Å². The first-order valence-electron chi connectivity index (χ1n) is 13.0. The second-order valence-corrected chi connectivity index (χ2v) is 11.5. The molecule has 1 atom stereocenters. The number of hydrogen-bond donors (Lipinski definition) is 2. The first-order valence-corrected chi connectivity index (χ1v) is 14.4. The molecule has 0 radical (unpaired) electrons. The van der Waals surface area contributed by atoms with Crippen LogP contribution in [0, 0.1) is 6.92 Å². The fourth-order valence-corrected chi connectivity index (χ4v) is 5.11. The molecule has 14 heteroatoms. The molecule has 1 unspecified atom stereocenters. The van der Waals surface area contributed by atoms with Crippen LogP contribution in [0.2, 0.25) is 0 Å². The Labute approximate surface area is 237 Å². The molecule has 3 amide bonds. The average molecular weight is 585 g/mol. The van der Waals surface area contributed by atoms with Crippen molar-refractivity contribution in [1.82, 2.24) is 10.2 Å². The molecule has 1 aliphatic rings. The lowest BCUT2D eigenvalue weighted by Crippen LogP contribution is -2.52. The van der Waals surface area contributed by atoms with Crippen molar-refractivity contribution in [1.29, 1.82) is 0 Å². The van der Waals surface area contributed by atoms with Gasteiger partial charge in [0.2, 0.25) is 11.8 Å². The van der Waals surface area contributed by atoms with Crippen molar-refractivity contribution in [2.24, 2.45) is 4.40 Å². The van der Waals surface area contributed by atoms with Gasteiger partial charge < -0.3 is 24.8 Å². The first kappa shape index (κ1) is 29.7. The second kappa shape index (κ2) is 12.5. The molecule has 1 fully saturated rings. The molecule has 218 valence electrons. The Kier molecular flexibility index (Phi) is 9.03. The molecule has 0 aliphatic carbocycles. The van der Waals surface area contributed by atoms with Gasteiger partial charge in [-0.2, -0.15) is 8.42 Å². The van der Waals surface area contributed by atoms with Crippen LogP contribution in [-0.2, 0) is 35.7 Å². The van der Waals surface area contributed by atoms with Crippen molar-refractivity contribution in [2.45, 2.75) is 57.7 Å². The lowest BCUT2D eigenvalue weighted by atomic mass is 10.1. The SMILES string of the molecule is CC(=O)Nc1ccc(NC(=O)CC2OCCN(Cc3/c(=N/S(=O)(=O)c4ccc(C)cc4)o[n-][n+]3C(C)C)C2=O)cc1. The summed E-state index contributed by atoms with van der Waals surface area (Å²) in [5, 5.41) is 9.32. The highest BCUT2D eigenvalue weighted by Gasteiger charge is 2.34. The van der Waals surface area contributed by atoms with E-state index in [2.05, 4.69) is 20.3 Å². The van der Waals surface area contributed by atoms with Gasteiger partial charge in [0, 0.05) is 24.8 Å². The largest absolute Gasteiger partial charge is 0.486 e. The molecule has 2 heterocycles. The van der Waals surface area contributed by atoms with Crippen LogP contribution in [0.4, 0.5) is 11.4 Å². The van der Waals surface area contributed by atoms with Gasteiger partial charge in [-0.1, -0.05) is 17.7 Å². The number of sulfonamides is 1. The summed E-state index contributed by atoms with van der Waals surface area (Å²) in [6.07, 6.45) is -1.26. The smallest absolute Gasteiger partial charge is 0.289 e. The number of nitrogens with zero attached hydrogens (tertiary/aromatic N) is 4. The van der Waals surface area contributed by atoms with Gasteiger partial charge in [0.1, 0.15) is 18.7 Å². The van der Waals surface area contributed by atoms with Crippen molar-refractivity contribution < 1.29 is 36.7 Å². The van der Waals surface area contributed by atoms with E-state index in [1.165, 1.54) is 28.6 Å². The van der Waals surface area contributed by atoms with Crippen molar-refractivity contribution in [3.63, 3.8) is 0 Å². The van der Waals surface area contributed by atoms with E-state index in [-0.39, 0.29) is 48.5 Å². The van der Waals surface area contributed by atoms with Gasteiger partial charge in [-0.15, -0.1) is 4.40 Å². The third kappa shape index (κ3) is 7.46. The Balaban J connectivity index is 1.49. The van der Waals surface area contributed by atoms with E-state index in [0.717, 1.165) is 5.56 Å². The number of anilines is 2. The van der Waals surface area contributed by atoms with E-state index in [4.69, 9.17) is 9.26 Å². The van der Waals surface area contributed by atoms with Gasteiger partial charge in [0.05, 0.1) is 17.9 Å². The Morgan fingerprint density at radius 3 is 2.34 bits per heavy atom. The quantitative estimate of drug-likeness (QED) is 0.356. The molecule has 0 bridgehead atoms. The van der Waals surface area contributed by atoms with Gasteiger partial charge in [-0.05, 0) is 57.2 Å². The lowest BCUT2D eigenvalue weighted by molar-refractivity contribution is -0.790. The summed E-state index contributed by atoms with van der Waals surface area (Å²) in [5.41, 5.74) is 2.05. The Morgan fingerprint density at radius 2 is 1.73 bits per heavy atom. The standard InChI is InChI=1S/C27H32N6O7S/c1-17(2)33-23(26(40-31-33)30-41(37,38)22-11-5-18(3)6-12-22)16-32-13-14-39-24(27(32)36)15-25(35)29-21-9-7-20(8-10-21)28-19(4)34/h5-12,17,24H,13-16H2,1-4H3,(H,28,34)(H,29,35)/b30-26-. The average Bonchev–Trinajstić information content (AvgIpc) is 3.29. The van der Waals surface area contributed by atoms with E-state index >= 15 is 0 Å².